The van der Waals surface area contributed by atoms with Crippen molar-refractivity contribution < 1.29 is 18.3 Å². The van der Waals surface area contributed by atoms with E-state index in [1.807, 2.05) is 19.1 Å². The van der Waals surface area contributed by atoms with Crippen LogP contribution in [0.5, 0.6) is 0 Å². The van der Waals surface area contributed by atoms with Crippen LogP contribution in [0.2, 0.25) is 0 Å². The summed E-state index contributed by atoms with van der Waals surface area (Å²) in [4.78, 5) is 22.7. The number of nitrogens with zero attached hydrogens (tertiary/aromatic N) is 4. The largest absolute Gasteiger partial charge is 0.395 e. The minimum atomic E-state index is -3.29. The second kappa shape index (κ2) is 10.3. The lowest BCUT2D eigenvalue weighted by Gasteiger charge is -2.13. The Kier molecular flexibility index (Phi) is 7.71. The number of hydrogen-bond acceptors (Lipinski definition) is 9. The predicted molar refractivity (Wildman–Crippen MR) is 123 cm³/mol. The maximum absolute atomic E-state index is 12.2. The van der Waals surface area contributed by atoms with Crippen LogP contribution in [0.4, 0.5) is 5.82 Å². The highest BCUT2D eigenvalue weighted by Crippen LogP contribution is 2.33. The van der Waals surface area contributed by atoms with E-state index in [4.69, 9.17) is 0 Å². The molecule has 11 heteroatoms. The molecule has 9 nitrogen and oxygen atoms in total. The van der Waals surface area contributed by atoms with Crippen LogP contribution in [0.25, 0.3) is 11.3 Å². The third-order valence-electron chi connectivity index (χ3n) is 4.92. The third kappa shape index (κ3) is 5.38. The molecule has 0 saturated heterocycles. The summed E-state index contributed by atoms with van der Waals surface area (Å²) in [6.07, 6.45) is 1.36. The zero-order valence-electron chi connectivity index (χ0n) is 18.0. The molecule has 1 aromatic carbocycles. The van der Waals surface area contributed by atoms with E-state index in [1.165, 1.54) is 0 Å². The molecule has 0 bridgehead atoms. The first kappa shape index (κ1) is 24.0. The Morgan fingerprint density at radius 2 is 2.12 bits per heavy atom. The number of benzene rings is 1. The van der Waals surface area contributed by atoms with Gasteiger partial charge in [-0.3, -0.25) is 4.79 Å². The Morgan fingerprint density at radius 1 is 1.34 bits per heavy atom. The average Bonchev–Trinajstić information content (AvgIpc) is 3.07. The number of nitriles is 1. The van der Waals surface area contributed by atoms with E-state index in [0.29, 0.717) is 35.6 Å². The van der Waals surface area contributed by atoms with E-state index in [1.54, 1.807) is 24.1 Å². The van der Waals surface area contributed by atoms with Crippen LogP contribution in [0.3, 0.4) is 0 Å². The summed E-state index contributed by atoms with van der Waals surface area (Å²) in [7, 11) is -1.56. The van der Waals surface area contributed by atoms with Gasteiger partial charge in [-0.05, 0) is 24.1 Å². The number of thioether (sulfide) groups is 1. The van der Waals surface area contributed by atoms with Crippen molar-refractivity contribution in [1.82, 2.24) is 14.9 Å². The van der Waals surface area contributed by atoms with Gasteiger partial charge in [-0.2, -0.15) is 5.26 Å². The predicted octanol–water partition coefficient (Wildman–Crippen LogP) is 2.27. The highest BCUT2D eigenvalue weighted by atomic mass is 32.3. The number of carbonyl (C=O) groups is 1. The number of fused-ring (bicyclic) bond motifs is 1. The lowest BCUT2D eigenvalue weighted by Crippen LogP contribution is -2.17. The SMILES string of the molecule is CCCCS(=O)(=O)CSc1nc(NCCO)c(-c2ccc3c(c2)CN(C)C3=O)nc1C#N. The third-order valence-corrected chi connectivity index (χ3v) is 8.30. The number of aliphatic hydroxyl groups is 1. The van der Waals surface area contributed by atoms with Gasteiger partial charge in [0, 0.05) is 31.3 Å². The number of aliphatic hydroxyl groups excluding tert-OH is 1. The number of hydrogen-bond donors (Lipinski definition) is 2. The number of carbonyl (C=O) groups excluding carboxylic acids is 1. The standard InChI is InChI=1S/C21H25N5O4S2/c1-3-4-9-32(29,30)13-31-20-17(11-22)24-18(19(25-20)23-7-8-27)14-5-6-16-15(10-14)12-26(2)21(16)28/h5-6,10,27H,3-4,7-9,12-13H2,1-2H3,(H,23,25). The van der Waals surface area contributed by atoms with E-state index in [-0.39, 0.29) is 40.6 Å². The maximum atomic E-state index is 12.2. The van der Waals surface area contributed by atoms with Gasteiger partial charge >= 0.3 is 0 Å². The molecule has 1 aromatic heterocycles. The maximum Gasteiger partial charge on any atom is 0.254 e. The Balaban J connectivity index is 1.98. The summed E-state index contributed by atoms with van der Waals surface area (Å²) in [5.41, 5.74) is 2.57. The molecule has 1 aliphatic heterocycles. The molecule has 32 heavy (non-hydrogen) atoms. The van der Waals surface area contributed by atoms with Gasteiger partial charge in [0.2, 0.25) is 0 Å². The molecule has 2 N–H and O–H groups in total. The van der Waals surface area contributed by atoms with Crippen molar-refractivity contribution >= 4 is 33.3 Å². The van der Waals surface area contributed by atoms with Crippen molar-refractivity contribution in [3.05, 3.63) is 35.0 Å². The van der Waals surface area contributed by atoms with Gasteiger partial charge in [0.05, 0.1) is 12.4 Å². The zero-order valence-corrected chi connectivity index (χ0v) is 19.6. The Morgan fingerprint density at radius 3 is 2.81 bits per heavy atom. The molecule has 0 radical (unpaired) electrons. The summed E-state index contributed by atoms with van der Waals surface area (Å²) in [5, 5.41) is 21.9. The van der Waals surface area contributed by atoms with E-state index in [0.717, 1.165) is 23.7 Å². The first-order chi connectivity index (χ1) is 15.3. The van der Waals surface area contributed by atoms with Crippen LogP contribution in [0.15, 0.2) is 23.2 Å². The summed E-state index contributed by atoms with van der Waals surface area (Å²) in [6.45, 7) is 2.47. The number of unbranched alkanes of at least 4 members (excludes halogenated alkanes) is 1. The topological polar surface area (TPSA) is 136 Å². The number of anilines is 1. The molecule has 0 saturated carbocycles. The van der Waals surface area contributed by atoms with E-state index >= 15 is 0 Å². The van der Waals surface area contributed by atoms with Gasteiger partial charge in [0.25, 0.3) is 5.91 Å². The summed E-state index contributed by atoms with van der Waals surface area (Å²) < 4.78 is 24.5. The van der Waals surface area contributed by atoms with Gasteiger partial charge in [-0.15, -0.1) is 0 Å². The van der Waals surface area contributed by atoms with Crippen LogP contribution >= 0.6 is 11.8 Å². The van der Waals surface area contributed by atoms with Gasteiger partial charge in [0.15, 0.2) is 21.3 Å². The molecule has 0 atom stereocenters. The molecule has 3 rings (SSSR count). The molecule has 0 spiro atoms. The van der Waals surface area contributed by atoms with Crippen molar-refractivity contribution in [3.8, 4) is 17.3 Å². The molecule has 1 amide bonds. The summed E-state index contributed by atoms with van der Waals surface area (Å²) in [6, 6.07) is 7.32. The summed E-state index contributed by atoms with van der Waals surface area (Å²) in [5.74, 6) is 0.371. The Hall–Kier alpha value is -2.68. The van der Waals surface area contributed by atoms with Gasteiger partial charge in [-0.1, -0.05) is 31.2 Å². The van der Waals surface area contributed by atoms with Crippen molar-refractivity contribution in [1.29, 1.82) is 5.26 Å². The highest BCUT2D eigenvalue weighted by molar-refractivity contribution is 8.12. The van der Waals surface area contributed by atoms with Crippen LogP contribution in [0, 0.1) is 11.3 Å². The molecule has 0 fully saturated rings. The van der Waals surface area contributed by atoms with Crippen LogP contribution < -0.4 is 5.32 Å². The monoisotopic (exact) mass is 475 g/mol. The summed E-state index contributed by atoms with van der Waals surface area (Å²) >= 11 is 0.963. The molecule has 170 valence electrons. The molecule has 0 unspecified atom stereocenters. The van der Waals surface area contributed by atoms with E-state index < -0.39 is 9.84 Å². The highest BCUT2D eigenvalue weighted by Gasteiger charge is 2.26. The number of amides is 1. The fraction of sp³-hybridized carbons (Fsp3) is 0.429. The van der Waals surface area contributed by atoms with Crippen molar-refractivity contribution in [2.24, 2.45) is 0 Å². The molecule has 0 aliphatic carbocycles. The fourth-order valence-electron chi connectivity index (χ4n) is 3.27. The second-order valence-corrected chi connectivity index (χ2v) is 10.9. The van der Waals surface area contributed by atoms with Crippen molar-refractivity contribution in [2.45, 2.75) is 31.3 Å². The quantitative estimate of drug-likeness (QED) is 0.496. The second-order valence-electron chi connectivity index (χ2n) is 7.43. The first-order valence-corrected chi connectivity index (χ1v) is 13.0. The fourth-order valence-corrected chi connectivity index (χ4v) is 6.02. The van der Waals surface area contributed by atoms with Gasteiger partial charge < -0.3 is 15.3 Å². The normalized spacial score (nSPS) is 13.2. The molecule has 2 aromatic rings. The smallest absolute Gasteiger partial charge is 0.254 e. The Bertz CT molecular complexity index is 1160. The number of rotatable bonds is 10. The van der Waals surface area contributed by atoms with Crippen molar-refractivity contribution in [3.63, 3.8) is 0 Å². The lowest BCUT2D eigenvalue weighted by molar-refractivity contribution is 0.0816. The molecular weight excluding hydrogens is 450 g/mol. The average molecular weight is 476 g/mol. The van der Waals surface area contributed by atoms with Crippen molar-refractivity contribution in [2.75, 3.05) is 36.4 Å². The zero-order chi connectivity index (χ0) is 23.3. The minimum Gasteiger partial charge on any atom is -0.395 e. The Labute approximate surface area is 191 Å². The van der Waals surface area contributed by atoms with E-state index in [2.05, 4.69) is 15.3 Å². The number of sulfone groups is 1. The first-order valence-electron chi connectivity index (χ1n) is 10.2. The minimum absolute atomic E-state index is 0.0268. The molecule has 2 heterocycles. The van der Waals surface area contributed by atoms with Crippen LogP contribution in [0.1, 0.15) is 41.4 Å². The van der Waals surface area contributed by atoms with Crippen LogP contribution in [-0.4, -0.2) is 65.3 Å². The molecular formula is C21H25N5O4S2. The molecule has 1 aliphatic rings. The van der Waals surface area contributed by atoms with E-state index in [9.17, 15) is 23.6 Å². The number of nitrogens with one attached hydrogen (secondary N) is 1. The lowest BCUT2D eigenvalue weighted by atomic mass is 10.0. The number of aromatic nitrogens is 2. The van der Waals surface area contributed by atoms with Crippen LogP contribution in [-0.2, 0) is 16.4 Å². The van der Waals surface area contributed by atoms with Gasteiger partial charge in [-0.25, -0.2) is 18.4 Å². The van der Waals surface area contributed by atoms with Gasteiger partial charge in [0.1, 0.15) is 21.9 Å².